The molecule has 1 saturated carbocycles. The SMILES string of the molecule is O=C(O)c1cnn(C2CCN(C(=O)C3(c4c(F)cccc4F)CCC3)CC2)c1. The van der Waals surface area contributed by atoms with Crippen LogP contribution in [0, 0.1) is 11.6 Å². The molecule has 28 heavy (non-hydrogen) atoms. The Kier molecular flexibility index (Phi) is 4.64. The number of halogens is 2. The Morgan fingerprint density at radius 1 is 1.14 bits per heavy atom. The number of carboxylic acids is 1. The lowest BCUT2D eigenvalue weighted by atomic mass is 9.63. The highest BCUT2D eigenvalue weighted by Gasteiger charge is 2.51. The van der Waals surface area contributed by atoms with Crippen molar-refractivity contribution in [1.29, 1.82) is 0 Å². The lowest BCUT2D eigenvalue weighted by Gasteiger charge is -2.45. The summed E-state index contributed by atoms with van der Waals surface area (Å²) in [6, 6.07) is 3.72. The van der Waals surface area contributed by atoms with Crippen molar-refractivity contribution in [2.45, 2.75) is 43.6 Å². The molecular formula is C20H21F2N3O3. The van der Waals surface area contributed by atoms with E-state index in [0.717, 1.165) is 6.42 Å². The Bertz CT molecular complexity index is 895. The fourth-order valence-corrected chi connectivity index (χ4v) is 4.34. The predicted octanol–water partition coefficient (Wildman–Crippen LogP) is 3.14. The Labute approximate surface area is 160 Å². The van der Waals surface area contributed by atoms with E-state index in [4.69, 9.17) is 5.11 Å². The molecule has 0 unspecified atom stereocenters. The molecule has 0 radical (unpaired) electrons. The van der Waals surface area contributed by atoms with Crippen LogP contribution in [0.1, 0.15) is 54.1 Å². The van der Waals surface area contributed by atoms with Crippen molar-refractivity contribution in [3.8, 4) is 0 Å². The van der Waals surface area contributed by atoms with Crippen LogP contribution in [-0.2, 0) is 10.2 Å². The highest BCUT2D eigenvalue weighted by molar-refractivity contribution is 5.89. The van der Waals surface area contributed by atoms with Gasteiger partial charge in [0.05, 0.1) is 23.2 Å². The summed E-state index contributed by atoms with van der Waals surface area (Å²) >= 11 is 0. The number of carbonyl (C=O) groups excluding carboxylic acids is 1. The van der Waals surface area contributed by atoms with Gasteiger partial charge in [-0.2, -0.15) is 5.10 Å². The molecule has 1 aromatic heterocycles. The fraction of sp³-hybridized carbons (Fsp3) is 0.450. The van der Waals surface area contributed by atoms with Crippen molar-refractivity contribution in [2.24, 2.45) is 0 Å². The van der Waals surface area contributed by atoms with Crippen LogP contribution in [-0.4, -0.2) is 44.8 Å². The van der Waals surface area contributed by atoms with Gasteiger partial charge in [-0.15, -0.1) is 0 Å². The first-order chi connectivity index (χ1) is 13.4. The number of amides is 1. The van der Waals surface area contributed by atoms with Crippen LogP contribution in [0.15, 0.2) is 30.6 Å². The van der Waals surface area contributed by atoms with Crippen LogP contribution in [0.25, 0.3) is 0 Å². The number of aromatic carboxylic acids is 1. The van der Waals surface area contributed by atoms with Crippen molar-refractivity contribution in [3.63, 3.8) is 0 Å². The Morgan fingerprint density at radius 3 is 2.29 bits per heavy atom. The topological polar surface area (TPSA) is 75.4 Å². The van der Waals surface area contributed by atoms with Crippen molar-refractivity contribution >= 4 is 11.9 Å². The molecule has 4 rings (SSSR count). The third kappa shape index (κ3) is 2.96. The molecular weight excluding hydrogens is 368 g/mol. The molecule has 1 N–H and O–H groups in total. The van der Waals surface area contributed by atoms with Crippen molar-refractivity contribution in [1.82, 2.24) is 14.7 Å². The van der Waals surface area contributed by atoms with Crippen LogP contribution in [0.4, 0.5) is 8.78 Å². The maximum Gasteiger partial charge on any atom is 0.338 e. The Morgan fingerprint density at radius 2 is 1.79 bits per heavy atom. The first kappa shape index (κ1) is 18.6. The highest BCUT2D eigenvalue weighted by Crippen LogP contribution is 2.47. The second-order valence-electron chi connectivity index (χ2n) is 7.57. The summed E-state index contributed by atoms with van der Waals surface area (Å²) in [6.07, 6.45) is 5.69. The van der Waals surface area contributed by atoms with Crippen molar-refractivity contribution in [3.05, 3.63) is 53.4 Å². The van der Waals surface area contributed by atoms with E-state index in [0.29, 0.717) is 38.8 Å². The fourth-order valence-electron chi connectivity index (χ4n) is 4.34. The maximum absolute atomic E-state index is 14.4. The average molecular weight is 389 g/mol. The van der Waals surface area contributed by atoms with E-state index in [2.05, 4.69) is 5.10 Å². The first-order valence-electron chi connectivity index (χ1n) is 9.44. The molecule has 0 spiro atoms. The molecule has 8 heteroatoms. The van der Waals surface area contributed by atoms with Gasteiger partial charge in [0.2, 0.25) is 5.91 Å². The molecule has 6 nitrogen and oxygen atoms in total. The monoisotopic (exact) mass is 389 g/mol. The summed E-state index contributed by atoms with van der Waals surface area (Å²) in [6.45, 7) is 0.896. The molecule has 148 valence electrons. The summed E-state index contributed by atoms with van der Waals surface area (Å²) in [7, 11) is 0. The zero-order valence-corrected chi connectivity index (χ0v) is 15.3. The van der Waals surface area contributed by atoms with Gasteiger partial charge >= 0.3 is 5.97 Å². The quantitative estimate of drug-likeness (QED) is 0.872. The van der Waals surface area contributed by atoms with Gasteiger partial charge in [0, 0.05) is 24.8 Å². The standard InChI is InChI=1S/C20H21F2N3O3/c21-15-3-1-4-16(22)17(15)20(7-2-8-20)19(28)24-9-5-14(6-10-24)25-12-13(11-23-25)18(26)27/h1,3-4,11-12,14H,2,5-10H2,(H,26,27). The van der Waals surface area contributed by atoms with E-state index in [1.54, 1.807) is 9.58 Å². The number of carbonyl (C=O) groups is 2. The van der Waals surface area contributed by atoms with Crippen LogP contribution in [0.3, 0.4) is 0 Å². The number of aromatic nitrogens is 2. The van der Waals surface area contributed by atoms with Crippen molar-refractivity contribution < 1.29 is 23.5 Å². The van der Waals surface area contributed by atoms with Gasteiger partial charge in [0.25, 0.3) is 0 Å². The van der Waals surface area contributed by atoms with Crippen LogP contribution in [0.5, 0.6) is 0 Å². The number of hydrogen-bond donors (Lipinski definition) is 1. The molecule has 0 atom stereocenters. The molecule has 1 amide bonds. The number of carboxylic acid groups (broad SMARTS) is 1. The molecule has 2 aromatic rings. The molecule has 1 aliphatic heterocycles. The number of hydrogen-bond acceptors (Lipinski definition) is 3. The van der Waals surface area contributed by atoms with Crippen molar-refractivity contribution in [2.75, 3.05) is 13.1 Å². The number of rotatable bonds is 4. The number of piperidine rings is 1. The van der Waals surface area contributed by atoms with E-state index < -0.39 is 23.0 Å². The maximum atomic E-state index is 14.4. The Hall–Kier alpha value is -2.77. The van der Waals surface area contributed by atoms with Crippen LogP contribution < -0.4 is 0 Å². The van der Waals surface area contributed by atoms with Gasteiger partial charge in [-0.3, -0.25) is 9.48 Å². The number of likely N-dealkylation sites (tertiary alicyclic amines) is 1. The van der Waals surface area contributed by atoms with Gasteiger partial charge in [-0.05, 0) is 37.8 Å². The Balaban J connectivity index is 1.49. The largest absolute Gasteiger partial charge is 0.478 e. The molecule has 0 bridgehead atoms. The van der Waals surface area contributed by atoms with Crippen LogP contribution in [0.2, 0.25) is 0 Å². The normalized spacial score (nSPS) is 19.3. The third-order valence-electron chi connectivity index (χ3n) is 6.03. The first-order valence-corrected chi connectivity index (χ1v) is 9.44. The van der Waals surface area contributed by atoms with Gasteiger partial charge < -0.3 is 10.0 Å². The van der Waals surface area contributed by atoms with E-state index >= 15 is 0 Å². The van der Waals surface area contributed by atoms with Gasteiger partial charge in [0.15, 0.2) is 0 Å². The van der Waals surface area contributed by atoms with E-state index in [1.165, 1.54) is 30.6 Å². The average Bonchev–Trinajstić information content (AvgIpc) is 3.13. The summed E-state index contributed by atoms with van der Waals surface area (Å²) in [5, 5.41) is 13.1. The van der Waals surface area contributed by atoms with Crippen LogP contribution >= 0.6 is 0 Å². The minimum atomic E-state index is -1.11. The zero-order valence-electron chi connectivity index (χ0n) is 15.3. The van der Waals surface area contributed by atoms with Gasteiger partial charge in [-0.25, -0.2) is 13.6 Å². The second kappa shape index (κ2) is 7.00. The molecule has 2 aliphatic rings. The molecule has 1 aliphatic carbocycles. The molecule has 2 fully saturated rings. The van der Waals surface area contributed by atoms with E-state index in [1.807, 2.05) is 0 Å². The zero-order chi connectivity index (χ0) is 19.9. The van der Waals surface area contributed by atoms with Gasteiger partial charge in [0.1, 0.15) is 11.6 Å². The predicted molar refractivity (Wildman–Crippen MR) is 95.9 cm³/mol. The molecule has 2 heterocycles. The molecule has 1 aromatic carbocycles. The van der Waals surface area contributed by atoms with E-state index in [-0.39, 0.29) is 23.1 Å². The summed E-state index contributed by atoms with van der Waals surface area (Å²) in [5.41, 5.74) is -1.08. The lowest BCUT2D eigenvalue weighted by Crippen LogP contribution is -2.53. The van der Waals surface area contributed by atoms with E-state index in [9.17, 15) is 18.4 Å². The number of nitrogens with zero attached hydrogens (tertiary/aromatic N) is 3. The highest BCUT2D eigenvalue weighted by atomic mass is 19.1. The lowest BCUT2D eigenvalue weighted by molar-refractivity contribution is -0.142. The van der Waals surface area contributed by atoms with Gasteiger partial charge in [-0.1, -0.05) is 12.5 Å². The minimum absolute atomic E-state index is 0.000289. The molecule has 1 saturated heterocycles. The summed E-state index contributed by atoms with van der Waals surface area (Å²) < 4.78 is 30.4. The number of benzene rings is 1. The summed E-state index contributed by atoms with van der Waals surface area (Å²) in [4.78, 5) is 25.9. The third-order valence-corrected chi connectivity index (χ3v) is 6.03. The minimum Gasteiger partial charge on any atom is -0.478 e. The summed E-state index contributed by atoms with van der Waals surface area (Å²) in [5.74, 6) is -2.58. The smallest absolute Gasteiger partial charge is 0.338 e. The second-order valence-corrected chi connectivity index (χ2v) is 7.57.